The zero-order valence-corrected chi connectivity index (χ0v) is 15.0. The summed E-state index contributed by atoms with van der Waals surface area (Å²) in [5.74, 6) is -0.250. The van der Waals surface area contributed by atoms with Gasteiger partial charge in [0.25, 0.3) is 0 Å². The van der Waals surface area contributed by atoms with E-state index in [2.05, 4.69) is 37.1 Å². The lowest BCUT2D eigenvalue weighted by atomic mass is 10.1. The van der Waals surface area contributed by atoms with Crippen LogP contribution in [0, 0.1) is 0 Å². The van der Waals surface area contributed by atoms with E-state index in [1.54, 1.807) is 0 Å². The molecule has 1 N–H and O–H groups in total. The maximum absolute atomic E-state index is 12.1. The third kappa shape index (κ3) is 5.76. The van der Waals surface area contributed by atoms with Crippen molar-refractivity contribution in [2.45, 2.75) is 40.5 Å². The molecule has 0 saturated carbocycles. The van der Waals surface area contributed by atoms with Crippen LogP contribution in [0.5, 0.6) is 0 Å². The zero-order valence-electron chi connectivity index (χ0n) is 14.1. The second-order valence-electron chi connectivity index (χ2n) is 4.91. The standard InChI is InChI=1S/C17H28N2O2.ClH/c1-5-9-12-18-14-10-11-15(17(20)21-8-4)16(13-14)19(6-2)7-3;/h10-11,13,18H,5-9,12H2,1-4H3;1H. The third-order valence-electron chi connectivity index (χ3n) is 3.46. The second kappa shape index (κ2) is 11.2. The van der Waals surface area contributed by atoms with E-state index in [0.29, 0.717) is 12.2 Å². The SMILES string of the molecule is CCCCNc1ccc(C(=O)OCC)c(N(CC)CC)c1.Cl. The van der Waals surface area contributed by atoms with E-state index < -0.39 is 0 Å². The number of carbonyl (C=O) groups excluding carboxylic acids is 1. The molecule has 0 saturated heterocycles. The number of hydrogen-bond acceptors (Lipinski definition) is 4. The Bertz CT molecular complexity index is 448. The van der Waals surface area contributed by atoms with Gasteiger partial charge in [-0.05, 0) is 45.4 Å². The first kappa shape index (κ1) is 20.6. The van der Waals surface area contributed by atoms with Gasteiger partial charge in [-0.2, -0.15) is 0 Å². The molecule has 0 aliphatic carbocycles. The van der Waals surface area contributed by atoms with E-state index in [9.17, 15) is 4.79 Å². The van der Waals surface area contributed by atoms with Crippen molar-refractivity contribution in [2.75, 3.05) is 36.5 Å². The molecule has 0 heterocycles. The lowest BCUT2D eigenvalue weighted by Gasteiger charge is -2.24. The Balaban J connectivity index is 0.00000441. The van der Waals surface area contributed by atoms with Gasteiger partial charge in [-0.3, -0.25) is 0 Å². The summed E-state index contributed by atoms with van der Waals surface area (Å²) in [4.78, 5) is 14.3. The lowest BCUT2D eigenvalue weighted by Crippen LogP contribution is -2.25. The monoisotopic (exact) mass is 328 g/mol. The van der Waals surface area contributed by atoms with E-state index in [0.717, 1.165) is 43.9 Å². The summed E-state index contributed by atoms with van der Waals surface area (Å²) in [6.07, 6.45) is 2.30. The van der Waals surface area contributed by atoms with Crippen molar-refractivity contribution in [1.82, 2.24) is 0 Å². The highest BCUT2D eigenvalue weighted by atomic mass is 35.5. The van der Waals surface area contributed by atoms with Crippen LogP contribution >= 0.6 is 12.4 Å². The minimum Gasteiger partial charge on any atom is -0.462 e. The molecule has 0 radical (unpaired) electrons. The van der Waals surface area contributed by atoms with Crippen LogP contribution in [0.2, 0.25) is 0 Å². The third-order valence-corrected chi connectivity index (χ3v) is 3.46. The quantitative estimate of drug-likeness (QED) is 0.540. The number of esters is 1. The van der Waals surface area contributed by atoms with Gasteiger partial charge in [0, 0.05) is 25.3 Å². The molecule has 0 bridgehead atoms. The number of halogens is 1. The van der Waals surface area contributed by atoms with Crippen LogP contribution < -0.4 is 10.2 Å². The molecule has 0 amide bonds. The normalized spacial score (nSPS) is 9.82. The van der Waals surface area contributed by atoms with Crippen LogP contribution in [0.3, 0.4) is 0 Å². The molecule has 4 nitrogen and oxygen atoms in total. The number of benzene rings is 1. The molecule has 0 aromatic heterocycles. The van der Waals surface area contributed by atoms with Gasteiger partial charge in [-0.15, -0.1) is 12.4 Å². The number of rotatable bonds is 9. The topological polar surface area (TPSA) is 41.6 Å². The van der Waals surface area contributed by atoms with Crippen LogP contribution in [0.25, 0.3) is 0 Å². The highest BCUT2D eigenvalue weighted by Crippen LogP contribution is 2.26. The minimum absolute atomic E-state index is 0. The van der Waals surface area contributed by atoms with E-state index >= 15 is 0 Å². The maximum Gasteiger partial charge on any atom is 0.340 e. The fourth-order valence-electron chi connectivity index (χ4n) is 2.26. The van der Waals surface area contributed by atoms with Gasteiger partial charge in [0.05, 0.1) is 17.9 Å². The summed E-state index contributed by atoms with van der Waals surface area (Å²) in [7, 11) is 0. The van der Waals surface area contributed by atoms with Crippen molar-refractivity contribution < 1.29 is 9.53 Å². The molecule has 0 unspecified atom stereocenters. The minimum atomic E-state index is -0.250. The fourth-order valence-corrected chi connectivity index (χ4v) is 2.26. The van der Waals surface area contributed by atoms with Gasteiger partial charge in [-0.1, -0.05) is 13.3 Å². The smallest absolute Gasteiger partial charge is 0.340 e. The summed E-state index contributed by atoms with van der Waals surface area (Å²) in [5, 5.41) is 3.41. The number of ether oxygens (including phenoxy) is 1. The zero-order chi connectivity index (χ0) is 15.7. The molecule has 126 valence electrons. The molecule has 0 aliphatic heterocycles. The molecule has 0 spiro atoms. The first-order chi connectivity index (χ1) is 10.2. The van der Waals surface area contributed by atoms with Crippen molar-refractivity contribution >= 4 is 29.8 Å². The maximum atomic E-state index is 12.1. The largest absolute Gasteiger partial charge is 0.462 e. The highest BCUT2D eigenvalue weighted by Gasteiger charge is 2.16. The van der Waals surface area contributed by atoms with Gasteiger partial charge >= 0.3 is 5.97 Å². The van der Waals surface area contributed by atoms with Crippen molar-refractivity contribution in [2.24, 2.45) is 0 Å². The van der Waals surface area contributed by atoms with Gasteiger partial charge < -0.3 is 15.0 Å². The number of unbranched alkanes of at least 4 members (excludes halogenated alkanes) is 1. The Hall–Kier alpha value is -1.42. The molecular formula is C17H29ClN2O2. The Kier molecular flexibility index (Phi) is 10.5. The number of nitrogens with zero attached hydrogens (tertiary/aromatic N) is 1. The number of anilines is 2. The Morgan fingerprint density at radius 2 is 1.86 bits per heavy atom. The van der Waals surface area contributed by atoms with Crippen molar-refractivity contribution in [3.8, 4) is 0 Å². The summed E-state index contributed by atoms with van der Waals surface area (Å²) >= 11 is 0. The van der Waals surface area contributed by atoms with Gasteiger partial charge in [0.2, 0.25) is 0 Å². The summed E-state index contributed by atoms with van der Waals surface area (Å²) in [5.41, 5.74) is 2.64. The van der Waals surface area contributed by atoms with Crippen molar-refractivity contribution in [3.05, 3.63) is 23.8 Å². The van der Waals surface area contributed by atoms with Gasteiger partial charge in [-0.25, -0.2) is 4.79 Å². The number of hydrogen-bond donors (Lipinski definition) is 1. The molecule has 5 heteroatoms. The van der Waals surface area contributed by atoms with Crippen LogP contribution in [-0.2, 0) is 4.74 Å². The molecule has 22 heavy (non-hydrogen) atoms. The van der Waals surface area contributed by atoms with E-state index in [1.807, 2.05) is 19.1 Å². The Morgan fingerprint density at radius 1 is 1.18 bits per heavy atom. The van der Waals surface area contributed by atoms with E-state index in [4.69, 9.17) is 4.74 Å². The van der Waals surface area contributed by atoms with Gasteiger partial charge in [0.1, 0.15) is 0 Å². The Labute approximate surface area is 140 Å². The number of nitrogens with one attached hydrogen (secondary N) is 1. The molecule has 0 fully saturated rings. The van der Waals surface area contributed by atoms with Crippen molar-refractivity contribution in [3.63, 3.8) is 0 Å². The van der Waals surface area contributed by atoms with Gasteiger partial charge in [0.15, 0.2) is 0 Å². The molecule has 1 aromatic carbocycles. The first-order valence-electron chi connectivity index (χ1n) is 7.97. The van der Waals surface area contributed by atoms with Crippen LogP contribution in [0.1, 0.15) is 50.9 Å². The fraction of sp³-hybridized carbons (Fsp3) is 0.588. The molecule has 0 atom stereocenters. The molecule has 0 aliphatic rings. The first-order valence-corrected chi connectivity index (χ1v) is 7.97. The van der Waals surface area contributed by atoms with Crippen LogP contribution in [0.4, 0.5) is 11.4 Å². The number of carbonyl (C=O) groups is 1. The average Bonchev–Trinajstić information content (AvgIpc) is 2.49. The Morgan fingerprint density at radius 3 is 2.41 bits per heavy atom. The predicted molar refractivity (Wildman–Crippen MR) is 96.6 cm³/mol. The van der Waals surface area contributed by atoms with E-state index in [1.165, 1.54) is 0 Å². The lowest BCUT2D eigenvalue weighted by molar-refractivity contribution is 0.0527. The van der Waals surface area contributed by atoms with Crippen LogP contribution in [0.15, 0.2) is 18.2 Å². The highest BCUT2D eigenvalue weighted by molar-refractivity contribution is 5.96. The summed E-state index contributed by atoms with van der Waals surface area (Å²) < 4.78 is 5.16. The van der Waals surface area contributed by atoms with Crippen LogP contribution in [-0.4, -0.2) is 32.2 Å². The predicted octanol–water partition coefficient (Wildman–Crippen LogP) is 4.34. The summed E-state index contributed by atoms with van der Waals surface area (Å²) in [6, 6.07) is 5.86. The van der Waals surface area contributed by atoms with E-state index in [-0.39, 0.29) is 18.4 Å². The molecule has 1 rings (SSSR count). The second-order valence-corrected chi connectivity index (χ2v) is 4.91. The molecular weight excluding hydrogens is 300 g/mol. The summed E-state index contributed by atoms with van der Waals surface area (Å²) in [6.45, 7) is 11.3. The molecule has 1 aromatic rings. The van der Waals surface area contributed by atoms with Crippen molar-refractivity contribution in [1.29, 1.82) is 0 Å². The average molecular weight is 329 g/mol.